The van der Waals surface area contributed by atoms with Gasteiger partial charge in [-0.25, -0.2) is 17.9 Å². The molecule has 4 N–H and O–H groups in total. The number of rotatable bonds is 10. The van der Waals surface area contributed by atoms with Gasteiger partial charge in [-0.15, -0.1) is 0 Å². The van der Waals surface area contributed by atoms with Crippen LogP contribution in [0.4, 0.5) is 0 Å². The number of methoxy groups -OCH3 is 1. The topological polar surface area (TPSA) is 176 Å². The number of hydrogen-bond acceptors (Lipinski definition) is 8. The average molecular weight is 464 g/mol. The van der Waals surface area contributed by atoms with Crippen LogP contribution in [0.25, 0.3) is 0 Å². The minimum Gasteiger partial charge on any atom is -0.507 e. The molecular formula is C20H20N2O9S. The van der Waals surface area contributed by atoms with Crippen molar-refractivity contribution in [3.63, 3.8) is 0 Å². The molecule has 2 rings (SSSR count). The summed E-state index contributed by atoms with van der Waals surface area (Å²) >= 11 is 0. The number of sulfonamides is 1. The second-order valence-corrected chi connectivity index (χ2v) is 8.27. The van der Waals surface area contributed by atoms with Crippen molar-refractivity contribution >= 4 is 34.2 Å². The Morgan fingerprint density at radius 1 is 1.12 bits per heavy atom. The van der Waals surface area contributed by atoms with Crippen molar-refractivity contribution in [1.82, 2.24) is 10.0 Å². The van der Waals surface area contributed by atoms with Crippen LogP contribution in [0.1, 0.15) is 32.7 Å². The second kappa shape index (κ2) is 10.5. The van der Waals surface area contributed by atoms with Crippen LogP contribution >= 0.6 is 0 Å². The first-order valence-corrected chi connectivity index (χ1v) is 10.5. The van der Waals surface area contributed by atoms with Gasteiger partial charge in [0.15, 0.2) is 0 Å². The Balaban J connectivity index is 2.06. The third kappa shape index (κ3) is 6.36. The lowest BCUT2D eigenvalue weighted by Gasteiger charge is -2.11. The molecule has 0 unspecified atom stereocenters. The van der Waals surface area contributed by atoms with E-state index >= 15 is 0 Å². The Hall–Kier alpha value is -3.77. The molecule has 0 aromatic heterocycles. The van der Waals surface area contributed by atoms with Gasteiger partial charge in [0.05, 0.1) is 24.5 Å². The number of aldehydes is 1. The van der Waals surface area contributed by atoms with Gasteiger partial charge >= 0.3 is 11.9 Å². The quantitative estimate of drug-likeness (QED) is 0.287. The summed E-state index contributed by atoms with van der Waals surface area (Å²) in [6.45, 7) is -0.144. The van der Waals surface area contributed by atoms with Crippen LogP contribution in [0.5, 0.6) is 5.75 Å². The van der Waals surface area contributed by atoms with Crippen LogP contribution in [-0.4, -0.2) is 55.9 Å². The first-order valence-electron chi connectivity index (χ1n) is 9.05. The van der Waals surface area contributed by atoms with E-state index < -0.39 is 46.1 Å². The van der Waals surface area contributed by atoms with Gasteiger partial charge in [-0.3, -0.25) is 9.59 Å². The first-order chi connectivity index (χ1) is 15.1. The van der Waals surface area contributed by atoms with Gasteiger partial charge in [0.1, 0.15) is 17.6 Å². The highest BCUT2D eigenvalue weighted by molar-refractivity contribution is 7.89. The lowest BCUT2D eigenvalue weighted by Crippen LogP contribution is -2.37. The number of carboxylic acids is 1. The normalized spacial score (nSPS) is 11.9. The number of aliphatic carboxylic acids is 1. The standard InChI is InChI=1S/C20H20N2O9S/c1-31-20(28)16-9-15(6-7-17(16)24)32(29,30)21-10-12-2-4-13(5-3-12)19(27)22-14(11-23)8-18(25)26/h2-7,9,11,14,21,24H,8,10H2,1H3,(H,22,27)(H,25,26)/t14-/m0/s1. The number of phenolic OH excluding ortho intramolecular Hbond substituents is 1. The maximum absolute atomic E-state index is 12.5. The fourth-order valence-electron chi connectivity index (χ4n) is 2.56. The number of aromatic hydroxyl groups is 1. The molecule has 32 heavy (non-hydrogen) atoms. The Morgan fingerprint density at radius 3 is 2.34 bits per heavy atom. The molecule has 0 aliphatic carbocycles. The molecule has 170 valence electrons. The van der Waals surface area contributed by atoms with E-state index in [1.54, 1.807) is 0 Å². The predicted octanol–water partition coefficient (Wildman–Crippen LogP) is 0.429. The van der Waals surface area contributed by atoms with E-state index in [1.807, 2.05) is 0 Å². The minimum atomic E-state index is -4.04. The summed E-state index contributed by atoms with van der Waals surface area (Å²) < 4.78 is 31.8. The molecule has 1 amide bonds. The number of esters is 1. The monoisotopic (exact) mass is 464 g/mol. The molecule has 11 nitrogen and oxygen atoms in total. The molecule has 0 fully saturated rings. The van der Waals surface area contributed by atoms with E-state index in [0.29, 0.717) is 11.8 Å². The van der Waals surface area contributed by atoms with E-state index in [9.17, 15) is 32.7 Å². The van der Waals surface area contributed by atoms with Crippen molar-refractivity contribution in [2.24, 2.45) is 0 Å². The molecule has 2 aromatic rings. The lowest BCUT2D eigenvalue weighted by atomic mass is 10.1. The highest BCUT2D eigenvalue weighted by Crippen LogP contribution is 2.22. The number of phenols is 1. The van der Waals surface area contributed by atoms with E-state index in [-0.39, 0.29) is 22.6 Å². The van der Waals surface area contributed by atoms with Gasteiger partial charge in [0.25, 0.3) is 5.91 Å². The van der Waals surface area contributed by atoms with E-state index in [4.69, 9.17) is 5.11 Å². The fourth-order valence-corrected chi connectivity index (χ4v) is 3.61. The van der Waals surface area contributed by atoms with E-state index in [0.717, 1.165) is 25.3 Å². The van der Waals surface area contributed by atoms with Crippen molar-refractivity contribution in [3.8, 4) is 5.75 Å². The van der Waals surface area contributed by atoms with Crippen molar-refractivity contribution < 1.29 is 42.5 Å². The molecule has 0 bridgehead atoms. The highest BCUT2D eigenvalue weighted by Gasteiger charge is 2.20. The maximum atomic E-state index is 12.5. The summed E-state index contributed by atoms with van der Waals surface area (Å²) in [5.41, 5.74) is 0.340. The molecule has 2 aromatic carbocycles. The third-order valence-electron chi connectivity index (χ3n) is 4.24. The SMILES string of the molecule is COC(=O)c1cc(S(=O)(=O)NCc2ccc(C(=O)N[C@H](C=O)CC(=O)O)cc2)ccc1O. The summed E-state index contributed by atoms with van der Waals surface area (Å²) in [6.07, 6.45) is -0.228. The molecule has 0 saturated heterocycles. The number of carboxylic acid groups (broad SMARTS) is 1. The van der Waals surface area contributed by atoms with Crippen molar-refractivity contribution in [1.29, 1.82) is 0 Å². The lowest BCUT2D eigenvalue weighted by molar-refractivity contribution is -0.138. The van der Waals surface area contributed by atoms with Gasteiger partial charge in [-0.2, -0.15) is 0 Å². The van der Waals surface area contributed by atoms with Gasteiger partial charge in [-0.05, 0) is 35.9 Å². The zero-order chi connectivity index (χ0) is 23.9. The van der Waals surface area contributed by atoms with Crippen LogP contribution in [0.3, 0.4) is 0 Å². The summed E-state index contributed by atoms with van der Waals surface area (Å²) in [6, 6.07) is 7.71. The zero-order valence-corrected chi connectivity index (χ0v) is 17.6. The van der Waals surface area contributed by atoms with Gasteiger partial charge in [0, 0.05) is 12.1 Å². The summed E-state index contributed by atoms with van der Waals surface area (Å²) in [5, 5.41) is 20.7. The van der Waals surface area contributed by atoms with Gasteiger partial charge in [0.2, 0.25) is 10.0 Å². The Labute approximate surface area is 183 Å². The van der Waals surface area contributed by atoms with Crippen molar-refractivity contribution in [2.45, 2.75) is 23.9 Å². The Kier molecular flexibility index (Phi) is 8.04. The number of hydrogen-bond donors (Lipinski definition) is 4. The largest absolute Gasteiger partial charge is 0.507 e. The number of nitrogens with one attached hydrogen (secondary N) is 2. The van der Waals surface area contributed by atoms with Crippen LogP contribution < -0.4 is 10.0 Å². The highest BCUT2D eigenvalue weighted by atomic mass is 32.2. The number of carbonyl (C=O) groups excluding carboxylic acids is 3. The third-order valence-corrected chi connectivity index (χ3v) is 5.64. The Morgan fingerprint density at radius 2 is 1.78 bits per heavy atom. The van der Waals surface area contributed by atoms with Crippen LogP contribution in [-0.2, 0) is 30.9 Å². The molecule has 0 heterocycles. The number of carbonyl (C=O) groups is 4. The second-order valence-electron chi connectivity index (χ2n) is 6.51. The number of ether oxygens (including phenoxy) is 1. The van der Waals surface area contributed by atoms with Crippen molar-refractivity contribution in [2.75, 3.05) is 7.11 Å². The maximum Gasteiger partial charge on any atom is 0.341 e. The molecule has 0 aliphatic rings. The van der Waals surface area contributed by atoms with Crippen LogP contribution in [0, 0.1) is 0 Å². The summed E-state index contributed by atoms with van der Waals surface area (Å²) in [7, 11) is -2.95. The van der Waals surface area contributed by atoms with E-state index in [1.165, 1.54) is 24.3 Å². The predicted molar refractivity (Wildman–Crippen MR) is 109 cm³/mol. The summed E-state index contributed by atoms with van der Waals surface area (Å²) in [5.74, 6) is -3.22. The fraction of sp³-hybridized carbons (Fsp3) is 0.200. The molecule has 0 saturated carbocycles. The smallest absolute Gasteiger partial charge is 0.341 e. The average Bonchev–Trinajstić information content (AvgIpc) is 2.76. The molecular weight excluding hydrogens is 444 g/mol. The molecule has 0 spiro atoms. The number of benzene rings is 2. The van der Waals surface area contributed by atoms with Gasteiger partial charge < -0.3 is 25.1 Å². The van der Waals surface area contributed by atoms with Crippen LogP contribution in [0.15, 0.2) is 47.4 Å². The minimum absolute atomic E-state index is 0.144. The first kappa shape index (κ1) is 24.5. The zero-order valence-electron chi connectivity index (χ0n) is 16.8. The molecule has 1 atom stereocenters. The van der Waals surface area contributed by atoms with E-state index in [2.05, 4.69) is 14.8 Å². The van der Waals surface area contributed by atoms with Gasteiger partial charge in [-0.1, -0.05) is 12.1 Å². The number of amides is 1. The van der Waals surface area contributed by atoms with Crippen LogP contribution in [0.2, 0.25) is 0 Å². The van der Waals surface area contributed by atoms with Crippen molar-refractivity contribution in [3.05, 3.63) is 59.2 Å². The molecule has 12 heteroatoms. The Bertz CT molecular complexity index is 1130. The summed E-state index contributed by atoms with van der Waals surface area (Å²) in [4.78, 5) is 45.0. The molecule has 0 aliphatic heterocycles. The molecule has 0 radical (unpaired) electrons.